The van der Waals surface area contributed by atoms with Gasteiger partial charge in [-0.2, -0.15) is 0 Å². The third-order valence-electron chi connectivity index (χ3n) is 1.62. The van der Waals surface area contributed by atoms with Gasteiger partial charge in [-0.05, 0) is 35.9 Å². The molecule has 0 aliphatic heterocycles. The van der Waals surface area contributed by atoms with E-state index in [0.29, 0.717) is 0 Å². The smallest absolute Gasteiger partial charge is 0.223 e. The van der Waals surface area contributed by atoms with Crippen LogP contribution in [0, 0.1) is 0 Å². The Labute approximate surface area is 105 Å². The molecule has 15 heavy (non-hydrogen) atoms. The van der Waals surface area contributed by atoms with Crippen LogP contribution in [0.2, 0.25) is 5.28 Å². The lowest BCUT2D eigenvalue weighted by atomic mass is 10.4. The number of halogens is 2. The Balaban J connectivity index is 2.22. The molecule has 76 valence electrons. The minimum atomic E-state index is 0.273. The van der Waals surface area contributed by atoms with E-state index < -0.39 is 0 Å². The van der Waals surface area contributed by atoms with Crippen molar-refractivity contribution in [1.82, 2.24) is 9.97 Å². The average Bonchev–Trinajstić information content (AvgIpc) is 2.17. The molecule has 0 unspecified atom stereocenters. The monoisotopic (exact) mass is 300 g/mol. The maximum absolute atomic E-state index is 5.70. The van der Waals surface area contributed by atoms with Crippen LogP contribution in [0.1, 0.15) is 0 Å². The number of hydrogen-bond donors (Lipinski definition) is 0. The van der Waals surface area contributed by atoms with E-state index >= 15 is 0 Å². The Morgan fingerprint density at radius 3 is 2.87 bits per heavy atom. The highest BCUT2D eigenvalue weighted by atomic mass is 79.9. The van der Waals surface area contributed by atoms with E-state index in [2.05, 4.69) is 25.9 Å². The van der Waals surface area contributed by atoms with Crippen LogP contribution >= 0.6 is 39.3 Å². The molecule has 2 aromatic rings. The molecule has 0 spiro atoms. The first kappa shape index (κ1) is 10.9. The van der Waals surface area contributed by atoms with Gasteiger partial charge in [0, 0.05) is 15.6 Å². The second kappa shape index (κ2) is 4.96. The van der Waals surface area contributed by atoms with Crippen LogP contribution in [-0.2, 0) is 0 Å². The highest BCUT2D eigenvalue weighted by Crippen LogP contribution is 2.28. The summed E-state index contributed by atoms with van der Waals surface area (Å²) >= 11 is 10.7. The van der Waals surface area contributed by atoms with E-state index in [-0.39, 0.29) is 5.28 Å². The molecule has 1 aromatic carbocycles. The van der Waals surface area contributed by atoms with Crippen molar-refractivity contribution in [2.24, 2.45) is 0 Å². The van der Waals surface area contributed by atoms with Crippen molar-refractivity contribution in [3.8, 4) is 0 Å². The summed E-state index contributed by atoms with van der Waals surface area (Å²) in [6.07, 6.45) is 1.65. The minimum absolute atomic E-state index is 0.273. The zero-order chi connectivity index (χ0) is 10.7. The molecule has 1 aromatic heterocycles. The fourth-order valence-electron chi connectivity index (χ4n) is 1.03. The van der Waals surface area contributed by atoms with Crippen LogP contribution in [0.4, 0.5) is 0 Å². The third-order valence-corrected chi connectivity index (χ3v) is 3.22. The van der Waals surface area contributed by atoms with Crippen molar-refractivity contribution in [3.05, 3.63) is 46.3 Å². The first-order chi connectivity index (χ1) is 7.24. The lowest BCUT2D eigenvalue weighted by Crippen LogP contribution is -1.83. The summed E-state index contributed by atoms with van der Waals surface area (Å²) in [5.74, 6) is 0. The number of nitrogens with zero attached hydrogens (tertiary/aromatic N) is 2. The molecule has 0 aliphatic rings. The van der Waals surface area contributed by atoms with Gasteiger partial charge in [0.2, 0.25) is 5.28 Å². The SMILES string of the molecule is Clc1nccc(Sc2cccc(Br)c2)n1. The van der Waals surface area contributed by atoms with Crippen LogP contribution in [-0.4, -0.2) is 9.97 Å². The van der Waals surface area contributed by atoms with E-state index in [0.717, 1.165) is 14.4 Å². The molecule has 1 heterocycles. The normalized spacial score (nSPS) is 10.3. The lowest BCUT2D eigenvalue weighted by Gasteiger charge is -2.00. The van der Waals surface area contributed by atoms with Gasteiger partial charge in [0.05, 0.1) is 0 Å². The van der Waals surface area contributed by atoms with Crippen LogP contribution in [0.25, 0.3) is 0 Å². The molecule has 0 saturated heterocycles. The fourth-order valence-corrected chi connectivity index (χ4v) is 2.61. The number of benzene rings is 1. The molecule has 0 fully saturated rings. The van der Waals surface area contributed by atoms with Gasteiger partial charge in [0.15, 0.2) is 0 Å². The second-order valence-electron chi connectivity index (χ2n) is 2.72. The summed E-state index contributed by atoms with van der Waals surface area (Å²) in [6, 6.07) is 9.84. The average molecular weight is 302 g/mol. The van der Waals surface area contributed by atoms with Gasteiger partial charge in [0.1, 0.15) is 5.03 Å². The maximum Gasteiger partial charge on any atom is 0.223 e. The van der Waals surface area contributed by atoms with Crippen molar-refractivity contribution >= 4 is 39.3 Å². The molecule has 5 heteroatoms. The zero-order valence-corrected chi connectivity index (χ0v) is 10.7. The van der Waals surface area contributed by atoms with Gasteiger partial charge in [-0.3, -0.25) is 0 Å². The van der Waals surface area contributed by atoms with Gasteiger partial charge in [-0.25, -0.2) is 9.97 Å². The first-order valence-electron chi connectivity index (χ1n) is 4.16. The molecular weight excluding hydrogens is 296 g/mol. The topological polar surface area (TPSA) is 25.8 Å². The van der Waals surface area contributed by atoms with Gasteiger partial charge in [-0.15, -0.1) is 0 Å². The number of aromatic nitrogens is 2. The maximum atomic E-state index is 5.70. The largest absolute Gasteiger partial charge is 0.226 e. The number of hydrogen-bond acceptors (Lipinski definition) is 3. The van der Waals surface area contributed by atoms with E-state index in [1.165, 1.54) is 0 Å². The van der Waals surface area contributed by atoms with Crippen molar-refractivity contribution in [2.45, 2.75) is 9.92 Å². The summed E-state index contributed by atoms with van der Waals surface area (Å²) < 4.78 is 1.05. The van der Waals surface area contributed by atoms with Gasteiger partial charge >= 0.3 is 0 Å². The molecule has 0 aliphatic carbocycles. The van der Waals surface area contributed by atoms with Crippen molar-refractivity contribution in [1.29, 1.82) is 0 Å². The van der Waals surface area contributed by atoms with E-state index in [4.69, 9.17) is 11.6 Å². The van der Waals surface area contributed by atoms with E-state index in [1.807, 2.05) is 30.3 Å². The Bertz CT molecular complexity index is 435. The van der Waals surface area contributed by atoms with Crippen LogP contribution < -0.4 is 0 Å². The van der Waals surface area contributed by atoms with Crippen molar-refractivity contribution in [2.75, 3.05) is 0 Å². The second-order valence-corrected chi connectivity index (χ2v) is 5.07. The summed E-state index contributed by atoms with van der Waals surface area (Å²) in [5.41, 5.74) is 0. The van der Waals surface area contributed by atoms with Gasteiger partial charge in [0.25, 0.3) is 0 Å². The summed E-state index contributed by atoms with van der Waals surface area (Å²) in [6.45, 7) is 0. The van der Waals surface area contributed by atoms with Crippen LogP contribution in [0.15, 0.2) is 50.9 Å². The standard InChI is InChI=1S/C10H6BrClN2S/c11-7-2-1-3-8(6-7)15-9-4-5-13-10(12)14-9/h1-6H. The molecule has 2 nitrogen and oxygen atoms in total. The predicted molar refractivity (Wildman–Crippen MR) is 65.3 cm³/mol. The Morgan fingerprint density at radius 2 is 2.13 bits per heavy atom. The van der Waals surface area contributed by atoms with Crippen LogP contribution in [0.5, 0.6) is 0 Å². The third kappa shape index (κ3) is 3.19. The quantitative estimate of drug-likeness (QED) is 0.618. The lowest BCUT2D eigenvalue weighted by molar-refractivity contribution is 1.05. The molecule has 0 bridgehead atoms. The summed E-state index contributed by atoms with van der Waals surface area (Å²) in [4.78, 5) is 9.04. The zero-order valence-electron chi connectivity index (χ0n) is 7.52. The predicted octanol–water partition coefficient (Wildman–Crippen LogP) is 4.04. The van der Waals surface area contributed by atoms with Gasteiger partial charge < -0.3 is 0 Å². The molecule has 0 amide bonds. The van der Waals surface area contributed by atoms with Gasteiger partial charge in [-0.1, -0.05) is 33.8 Å². The molecule has 0 atom stereocenters. The van der Waals surface area contributed by atoms with E-state index in [9.17, 15) is 0 Å². The van der Waals surface area contributed by atoms with E-state index in [1.54, 1.807) is 18.0 Å². The highest BCUT2D eigenvalue weighted by molar-refractivity contribution is 9.10. The molecule has 0 radical (unpaired) electrons. The highest BCUT2D eigenvalue weighted by Gasteiger charge is 2.00. The Morgan fingerprint density at radius 1 is 1.27 bits per heavy atom. The molecule has 0 saturated carbocycles. The molecule has 0 N–H and O–H groups in total. The summed E-state index contributed by atoms with van der Waals surface area (Å²) in [7, 11) is 0. The van der Waals surface area contributed by atoms with Crippen LogP contribution in [0.3, 0.4) is 0 Å². The minimum Gasteiger partial charge on any atom is -0.226 e. The fraction of sp³-hybridized carbons (Fsp3) is 0. The first-order valence-corrected chi connectivity index (χ1v) is 6.15. The number of rotatable bonds is 2. The summed E-state index contributed by atoms with van der Waals surface area (Å²) in [5, 5.41) is 1.11. The Kier molecular flexibility index (Phi) is 3.61. The molecule has 2 rings (SSSR count). The van der Waals surface area contributed by atoms with Crippen molar-refractivity contribution < 1.29 is 0 Å². The van der Waals surface area contributed by atoms with Crippen molar-refractivity contribution in [3.63, 3.8) is 0 Å². The molecular formula is C10H6BrClN2S. The Hall–Kier alpha value is -0.580.